The highest BCUT2D eigenvalue weighted by molar-refractivity contribution is 7.71. The summed E-state index contributed by atoms with van der Waals surface area (Å²) in [5.41, 5.74) is 2.97. The Morgan fingerprint density at radius 2 is 2.08 bits per heavy atom. The molecular weight excluding hydrogens is 368 g/mol. The molecule has 1 heterocycles. The summed E-state index contributed by atoms with van der Waals surface area (Å²) in [5.74, 6) is 0.494. The second-order valence-electron chi connectivity index (χ2n) is 6.15. The number of aromatic nitrogens is 3. The molecule has 3 rings (SSSR count). The lowest BCUT2D eigenvalue weighted by Crippen LogP contribution is -2.30. The minimum Gasteiger partial charge on any atom is -0.348 e. The topological polar surface area (TPSA) is 62.7 Å². The number of hydrogen-bond acceptors (Lipinski definition) is 3. The molecule has 2 N–H and O–H groups in total. The Kier molecular flexibility index (Phi) is 5.54. The van der Waals surface area contributed by atoms with Crippen LogP contribution in [0.5, 0.6) is 0 Å². The van der Waals surface area contributed by atoms with E-state index in [1.807, 2.05) is 56.3 Å². The Hall–Kier alpha value is -2.44. The van der Waals surface area contributed by atoms with Crippen LogP contribution in [0.1, 0.15) is 24.1 Å². The molecule has 0 spiro atoms. The third-order valence-electron chi connectivity index (χ3n) is 4.06. The van der Waals surface area contributed by atoms with E-state index in [4.69, 9.17) is 23.8 Å². The van der Waals surface area contributed by atoms with E-state index in [9.17, 15) is 4.79 Å². The van der Waals surface area contributed by atoms with Crippen LogP contribution in [0.15, 0.2) is 48.5 Å². The van der Waals surface area contributed by atoms with E-state index in [0.29, 0.717) is 15.6 Å². The summed E-state index contributed by atoms with van der Waals surface area (Å²) >= 11 is 11.3. The molecule has 26 heavy (non-hydrogen) atoms. The number of amides is 1. The molecular formula is C19H19ClN4OS. The molecule has 0 bridgehead atoms. The van der Waals surface area contributed by atoms with Crippen LogP contribution in [0.4, 0.5) is 0 Å². The summed E-state index contributed by atoms with van der Waals surface area (Å²) in [6.07, 6.45) is 0. The zero-order chi connectivity index (χ0) is 18.7. The van der Waals surface area contributed by atoms with E-state index in [1.165, 1.54) is 0 Å². The molecule has 5 nitrogen and oxygen atoms in total. The number of aromatic amines is 1. The van der Waals surface area contributed by atoms with Gasteiger partial charge >= 0.3 is 0 Å². The number of rotatable bonds is 5. The Balaban J connectivity index is 1.78. The first-order valence-electron chi connectivity index (χ1n) is 8.21. The van der Waals surface area contributed by atoms with Gasteiger partial charge in [0.25, 0.3) is 0 Å². The Morgan fingerprint density at radius 3 is 2.81 bits per heavy atom. The molecule has 134 valence electrons. The van der Waals surface area contributed by atoms with Gasteiger partial charge in [-0.25, -0.2) is 0 Å². The minimum atomic E-state index is -0.162. The van der Waals surface area contributed by atoms with Crippen molar-refractivity contribution in [3.05, 3.63) is 69.5 Å². The standard InChI is InChI=1S/C19H19ClN4OS/c1-12-5-3-7-15(9-12)18-22-23-19(26)24(18)11-17(25)21-13(2)14-6-4-8-16(20)10-14/h3-10,13H,11H2,1-2H3,(H,21,25)(H,23,26)/t13-/m1/s1. The van der Waals surface area contributed by atoms with Gasteiger partial charge in [-0.05, 0) is 49.8 Å². The number of nitrogens with one attached hydrogen (secondary N) is 2. The first-order valence-corrected chi connectivity index (χ1v) is 9.00. The van der Waals surface area contributed by atoms with E-state index in [0.717, 1.165) is 16.7 Å². The number of carbonyl (C=O) groups excluding carboxylic acids is 1. The van der Waals surface area contributed by atoms with E-state index in [2.05, 4.69) is 15.5 Å². The zero-order valence-corrected chi connectivity index (χ0v) is 16.1. The van der Waals surface area contributed by atoms with Gasteiger partial charge in [-0.15, -0.1) is 0 Å². The first kappa shape index (κ1) is 18.4. The van der Waals surface area contributed by atoms with Gasteiger partial charge in [-0.2, -0.15) is 5.10 Å². The summed E-state index contributed by atoms with van der Waals surface area (Å²) in [4.78, 5) is 12.5. The van der Waals surface area contributed by atoms with Crippen LogP contribution in [0.3, 0.4) is 0 Å². The molecule has 0 radical (unpaired) electrons. The van der Waals surface area contributed by atoms with Crippen molar-refractivity contribution in [3.8, 4) is 11.4 Å². The maximum Gasteiger partial charge on any atom is 0.240 e. The van der Waals surface area contributed by atoms with Crippen LogP contribution in [0.25, 0.3) is 11.4 Å². The molecule has 0 aliphatic carbocycles. The van der Waals surface area contributed by atoms with Gasteiger partial charge in [-0.1, -0.05) is 47.5 Å². The number of H-pyrrole nitrogens is 1. The fourth-order valence-electron chi connectivity index (χ4n) is 2.76. The average Bonchev–Trinajstić information content (AvgIpc) is 2.95. The molecule has 7 heteroatoms. The largest absolute Gasteiger partial charge is 0.348 e. The van der Waals surface area contributed by atoms with Crippen LogP contribution in [0.2, 0.25) is 5.02 Å². The summed E-state index contributed by atoms with van der Waals surface area (Å²) in [6, 6.07) is 15.2. The predicted octanol–water partition coefficient (Wildman–Crippen LogP) is 4.45. The predicted molar refractivity (Wildman–Crippen MR) is 106 cm³/mol. The fraction of sp³-hybridized carbons (Fsp3) is 0.211. The van der Waals surface area contributed by atoms with Crippen molar-refractivity contribution in [3.63, 3.8) is 0 Å². The SMILES string of the molecule is Cc1cccc(-c2n[nH]c(=S)n2CC(=O)N[C@H](C)c2cccc(Cl)c2)c1. The van der Waals surface area contributed by atoms with E-state index in [1.54, 1.807) is 10.6 Å². The van der Waals surface area contributed by atoms with Gasteiger partial charge in [0.15, 0.2) is 10.6 Å². The molecule has 3 aromatic rings. The first-order chi connectivity index (χ1) is 12.4. The van der Waals surface area contributed by atoms with E-state index in [-0.39, 0.29) is 18.5 Å². The van der Waals surface area contributed by atoms with Crippen LogP contribution in [0, 0.1) is 11.7 Å². The van der Waals surface area contributed by atoms with Crippen molar-refractivity contribution < 1.29 is 4.79 Å². The van der Waals surface area contributed by atoms with Crippen LogP contribution >= 0.6 is 23.8 Å². The van der Waals surface area contributed by atoms with Crippen LogP contribution in [-0.2, 0) is 11.3 Å². The maximum atomic E-state index is 12.5. The number of carbonyl (C=O) groups is 1. The maximum absolute atomic E-state index is 12.5. The second kappa shape index (κ2) is 7.85. The normalized spacial score (nSPS) is 12.0. The third-order valence-corrected chi connectivity index (χ3v) is 4.61. The quantitative estimate of drug-likeness (QED) is 0.637. The number of benzene rings is 2. The molecule has 0 aliphatic rings. The van der Waals surface area contributed by atoms with Crippen LogP contribution < -0.4 is 5.32 Å². The number of halogens is 1. The summed E-state index contributed by atoms with van der Waals surface area (Å²) in [6.45, 7) is 4.01. The molecule has 0 aliphatic heterocycles. The molecule has 1 atom stereocenters. The van der Waals surface area contributed by atoms with Gasteiger partial charge in [0.1, 0.15) is 6.54 Å². The molecule has 1 amide bonds. The molecule has 0 fully saturated rings. The molecule has 0 unspecified atom stereocenters. The monoisotopic (exact) mass is 386 g/mol. The van der Waals surface area contributed by atoms with Gasteiger partial charge in [0.2, 0.25) is 5.91 Å². The Bertz CT molecular complexity index is 995. The molecule has 1 aromatic heterocycles. The van der Waals surface area contributed by atoms with Crippen molar-refractivity contribution in [1.29, 1.82) is 0 Å². The van der Waals surface area contributed by atoms with Gasteiger partial charge < -0.3 is 5.32 Å². The average molecular weight is 387 g/mol. The van der Waals surface area contributed by atoms with E-state index >= 15 is 0 Å². The molecule has 0 saturated carbocycles. The number of aryl methyl sites for hydroxylation is 1. The lowest BCUT2D eigenvalue weighted by Gasteiger charge is -2.15. The van der Waals surface area contributed by atoms with Crippen molar-refractivity contribution in [2.24, 2.45) is 0 Å². The van der Waals surface area contributed by atoms with Crippen molar-refractivity contribution in [1.82, 2.24) is 20.1 Å². The summed E-state index contributed by atoms with van der Waals surface area (Å²) in [5, 5.41) is 10.7. The smallest absolute Gasteiger partial charge is 0.240 e. The lowest BCUT2D eigenvalue weighted by molar-refractivity contribution is -0.122. The summed E-state index contributed by atoms with van der Waals surface area (Å²) in [7, 11) is 0. The highest BCUT2D eigenvalue weighted by Crippen LogP contribution is 2.20. The Labute approximate surface area is 162 Å². The number of hydrogen-bond donors (Lipinski definition) is 2. The highest BCUT2D eigenvalue weighted by atomic mass is 35.5. The number of nitrogens with zero attached hydrogens (tertiary/aromatic N) is 2. The summed E-state index contributed by atoms with van der Waals surface area (Å²) < 4.78 is 2.11. The third kappa shape index (κ3) is 4.20. The van der Waals surface area contributed by atoms with Gasteiger partial charge in [0, 0.05) is 10.6 Å². The van der Waals surface area contributed by atoms with Crippen molar-refractivity contribution in [2.45, 2.75) is 26.4 Å². The minimum absolute atomic E-state index is 0.0868. The van der Waals surface area contributed by atoms with Crippen LogP contribution in [-0.4, -0.2) is 20.7 Å². The molecule has 0 saturated heterocycles. The second-order valence-corrected chi connectivity index (χ2v) is 6.98. The zero-order valence-electron chi connectivity index (χ0n) is 14.5. The molecule has 2 aromatic carbocycles. The van der Waals surface area contributed by atoms with E-state index < -0.39 is 0 Å². The van der Waals surface area contributed by atoms with Gasteiger partial charge in [0.05, 0.1) is 6.04 Å². The van der Waals surface area contributed by atoms with Gasteiger partial charge in [-0.3, -0.25) is 14.5 Å². The lowest BCUT2D eigenvalue weighted by atomic mass is 10.1. The Morgan fingerprint density at radius 1 is 1.31 bits per heavy atom. The highest BCUT2D eigenvalue weighted by Gasteiger charge is 2.15. The fourth-order valence-corrected chi connectivity index (χ4v) is 3.15. The van der Waals surface area contributed by atoms with Crippen molar-refractivity contribution in [2.75, 3.05) is 0 Å². The van der Waals surface area contributed by atoms with Crippen molar-refractivity contribution >= 4 is 29.7 Å².